The number of benzene rings is 2. The lowest BCUT2D eigenvalue weighted by atomic mass is 9.49. The van der Waals surface area contributed by atoms with Gasteiger partial charge in [0.05, 0.1) is 28.2 Å². The molecule has 0 saturated heterocycles. The van der Waals surface area contributed by atoms with E-state index < -0.39 is 0 Å². The third-order valence-corrected chi connectivity index (χ3v) is 10.7. The Hall–Kier alpha value is -2.95. The molecule has 0 aliphatic heterocycles. The average Bonchev–Trinajstić information content (AvgIpc) is 3.53. The molecule has 4 aliphatic rings. The monoisotopic (exact) mass is 592 g/mol. The van der Waals surface area contributed by atoms with Gasteiger partial charge in [0.2, 0.25) is 11.8 Å². The fraction of sp³-hybridized carbons (Fsp3) is 0.414. The molecule has 2 heterocycles. The van der Waals surface area contributed by atoms with Crippen molar-refractivity contribution in [3.05, 3.63) is 59.4 Å². The Balaban J connectivity index is 1.07. The number of thiazole rings is 1. The Kier molecular flexibility index (Phi) is 6.80. The minimum absolute atomic E-state index is 0.133. The number of thioether (sulfide) groups is 1. The van der Waals surface area contributed by atoms with Gasteiger partial charge in [-0.2, -0.15) is 0 Å². The van der Waals surface area contributed by atoms with Crippen LogP contribution in [-0.2, 0) is 16.1 Å². The lowest BCUT2D eigenvalue weighted by Gasteiger charge is -2.55. The third-order valence-electron chi connectivity index (χ3n) is 8.57. The van der Waals surface area contributed by atoms with Crippen LogP contribution >= 0.6 is 34.7 Å². The number of para-hydroxylation sites is 1. The molecule has 4 bridgehead atoms. The molecule has 0 atom stereocenters. The van der Waals surface area contributed by atoms with Crippen LogP contribution < -0.4 is 10.6 Å². The van der Waals surface area contributed by atoms with E-state index in [9.17, 15) is 9.59 Å². The van der Waals surface area contributed by atoms with E-state index in [1.54, 1.807) is 0 Å². The summed E-state index contributed by atoms with van der Waals surface area (Å²) in [5, 5.41) is 16.6. The second-order valence-corrected chi connectivity index (χ2v) is 13.8. The number of amides is 2. The van der Waals surface area contributed by atoms with Gasteiger partial charge >= 0.3 is 0 Å². The normalized spacial score (nSPS) is 24.9. The van der Waals surface area contributed by atoms with Gasteiger partial charge < -0.3 is 10.6 Å². The van der Waals surface area contributed by atoms with Gasteiger partial charge in [-0.1, -0.05) is 52.9 Å². The van der Waals surface area contributed by atoms with E-state index >= 15 is 0 Å². The van der Waals surface area contributed by atoms with Crippen molar-refractivity contribution in [2.75, 3.05) is 11.1 Å². The Bertz CT molecular complexity index is 1530. The maximum atomic E-state index is 13.6. The highest BCUT2D eigenvalue weighted by molar-refractivity contribution is 7.99. The molecule has 11 heteroatoms. The maximum Gasteiger partial charge on any atom is 0.236 e. The first-order chi connectivity index (χ1) is 19.4. The van der Waals surface area contributed by atoms with Crippen molar-refractivity contribution < 1.29 is 9.59 Å². The largest absolute Gasteiger partial charge is 0.348 e. The van der Waals surface area contributed by atoms with Gasteiger partial charge in [0.15, 0.2) is 16.1 Å². The van der Waals surface area contributed by atoms with E-state index in [0.29, 0.717) is 38.9 Å². The molecule has 0 spiro atoms. The molecule has 2 aromatic heterocycles. The smallest absolute Gasteiger partial charge is 0.236 e. The van der Waals surface area contributed by atoms with Crippen molar-refractivity contribution in [2.45, 2.75) is 50.2 Å². The van der Waals surface area contributed by atoms with E-state index in [2.05, 4.69) is 25.8 Å². The van der Waals surface area contributed by atoms with Crippen molar-refractivity contribution in [3.8, 4) is 5.69 Å². The Morgan fingerprint density at radius 1 is 1.02 bits per heavy atom. The molecule has 8 rings (SSSR count). The molecular formula is C29H29ClN6O2S2. The van der Waals surface area contributed by atoms with Crippen molar-refractivity contribution in [3.63, 3.8) is 0 Å². The molecular weight excluding hydrogens is 564 g/mol. The number of nitrogens with zero attached hydrogens (tertiary/aromatic N) is 4. The summed E-state index contributed by atoms with van der Waals surface area (Å²) in [5.74, 6) is 2.80. The van der Waals surface area contributed by atoms with Gasteiger partial charge in [0.25, 0.3) is 0 Å². The summed E-state index contributed by atoms with van der Waals surface area (Å²) in [6.07, 6.45) is 6.92. The first kappa shape index (κ1) is 26.0. The number of anilines is 1. The zero-order valence-corrected chi connectivity index (χ0v) is 24.2. The SMILES string of the molecule is O=C(CSc1nnc(CNC(=O)C23CC4CC(CC(C4)C2)C3)n1-c1cccc(Cl)c1)Nc1nc2ccccc2s1. The third kappa shape index (κ3) is 5.01. The van der Waals surface area contributed by atoms with Crippen molar-refractivity contribution in [2.24, 2.45) is 23.2 Å². The average molecular weight is 593 g/mol. The molecule has 4 fully saturated rings. The number of carbonyl (C=O) groups is 2. The fourth-order valence-electron chi connectivity index (χ4n) is 7.33. The van der Waals surface area contributed by atoms with Crippen LogP contribution in [0.15, 0.2) is 53.7 Å². The van der Waals surface area contributed by atoms with Crippen LogP contribution in [0.1, 0.15) is 44.3 Å². The molecule has 0 radical (unpaired) electrons. The summed E-state index contributed by atoms with van der Waals surface area (Å²) >= 11 is 9.05. The van der Waals surface area contributed by atoms with Gasteiger partial charge in [-0.25, -0.2) is 4.98 Å². The first-order valence-corrected chi connectivity index (χ1v) is 15.9. The minimum atomic E-state index is -0.230. The van der Waals surface area contributed by atoms with Gasteiger partial charge in [0, 0.05) is 10.4 Å². The second-order valence-electron chi connectivity index (χ2n) is 11.4. The van der Waals surface area contributed by atoms with Crippen LogP contribution in [-0.4, -0.2) is 37.3 Å². The van der Waals surface area contributed by atoms with E-state index in [1.165, 1.54) is 42.4 Å². The molecule has 2 amide bonds. The van der Waals surface area contributed by atoms with Gasteiger partial charge in [-0.05, 0) is 86.6 Å². The molecule has 8 nitrogen and oxygen atoms in total. The number of hydrogen-bond acceptors (Lipinski definition) is 7. The molecule has 4 aliphatic carbocycles. The van der Waals surface area contributed by atoms with Gasteiger partial charge in [-0.3, -0.25) is 14.2 Å². The Morgan fingerprint density at radius 2 is 1.77 bits per heavy atom. The summed E-state index contributed by atoms with van der Waals surface area (Å²) < 4.78 is 2.90. The van der Waals surface area contributed by atoms with E-state index in [4.69, 9.17) is 11.6 Å². The second kappa shape index (κ2) is 10.5. The molecule has 40 heavy (non-hydrogen) atoms. The molecule has 4 aromatic rings. The lowest BCUT2D eigenvalue weighted by molar-refractivity contribution is -0.146. The van der Waals surface area contributed by atoms with Crippen molar-refractivity contribution >= 4 is 61.9 Å². The Labute approximate surface area is 245 Å². The lowest BCUT2D eigenvalue weighted by Crippen LogP contribution is -2.53. The predicted molar refractivity (Wildman–Crippen MR) is 158 cm³/mol. The summed E-state index contributed by atoms with van der Waals surface area (Å²) in [6, 6.07) is 15.2. The van der Waals surface area contributed by atoms with E-state index in [1.807, 2.05) is 53.1 Å². The number of rotatable bonds is 8. The molecule has 2 aromatic carbocycles. The van der Waals surface area contributed by atoms with E-state index in [0.717, 1.165) is 35.2 Å². The van der Waals surface area contributed by atoms with Gasteiger partial charge in [0.1, 0.15) is 0 Å². The van der Waals surface area contributed by atoms with Crippen LogP contribution in [0.2, 0.25) is 5.02 Å². The van der Waals surface area contributed by atoms with Crippen LogP contribution in [0.25, 0.3) is 15.9 Å². The maximum absolute atomic E-state index is 13.6. The topological polar surface area (TPSA) is 102 Å². The van der Waals surface area contributed by atoms with Crippen molar-refractivity contribution in [1.82, 2.24) is 25.1 Å². The van der Waals surface area contributed by atoms with Crippen LogP contribution in [0, 0.1) is 23.2 Å². The number of carbonyl (C=O) groups excluding carboxylic acids is 2. The zero-order chi connectivity index (χ0) is 27.3. The van der Waals surface area contributed by atoms with E-state index in [-0.39, 0.29) is 29.5 Å². The quantitative estimate of drug-likeness (QED) is 0.240. The number of aromatic nitrogens is 4. The summed E-state index contributed by atoms with van der Waals surface area (Å²) in [6.45, 7) is 0.262. The predicted octanol–water partition coefficient (Wildman–Crippen LogP) is 6.09. The number of nitrogens with one attached hydrogen (secondary N) is 2. The summed E-state index contributed by atoms with van der Waals surface area (Å²) in [5.41, 5.74) is 1.41. The highest BCUT2D eigenvalue weighted by atomic mass is 35.5. The number of halogens is 1. The highest BCUT2D eigenvalue weighted by Gasteiger charge is 2.54. The molecule has 0 unspecified atom stereocenters. The van der Waals surface area contributed by atoms with Crippen LogP contribution in [0.3, 0.4) is 0 Å². The number of hydrogen-bond donors (Lipinski definition) is 2. The summed E-state index contributed by atoms with van der Waals surface area (Å²) in [7, 11) is 0. The molecule has 206 valence electrons. The standard InChI is InChI=1S/C29H29ClN6O2S2/c30-20-4-3-5-21(11-20)36-24(15-31-26(38)29-12-17-8-18(13-29)10-19(9-17)14-29)34-35-28(36)39-16-25(37)33-27-32-22-6-1-2-7-23(22)40-27/h1-7,11,17-19H,8-10,12-16H2,(H,31,38)(H,32,33,37). The van der Waals surface area contributed by atoms with Crippen molar-refractivity contribution in [1.29, 1.82) is 0 Å². The van der Waals surface area contributed by atoms with Crippen LogP contribution in [0.5, 0.6) is 0 Å². The first-order valence-electron chi connectivity index (χ1n) is 13.7. The minimum Gasteiger partial charge on any atom is -0.348 e. The highest BCUT2D eigenvalue weighted by Crippen LogP contribution is 2.60. The number of fused-ring (bicyclic) bond motifs is 1. The summed E-state index contributed by atoms with van der Waals surface area (Å²) in [4.78, 5) is 30.9. The zero-order valence-electron chi connectivity index (χ0n) is 21.8. The Morgan fingerprint density at radius 3 is 2.50 bits per heavy atom. The molecule has 2 N–H and O–H groups in total. The molecule has 4 saturated carbocycles. The fourth-order valence-corrected chi connectivity index (χ4v) is 9.17. The van der Waals surface area contributed by atoms with Crippen LogP contribution in [0.4, 0.5) is 5.13 Å². The van der Waals surface area contributed by atoms with Gasteiger partial charge in [-0.15, -0.1) is 10.2 Å².